The molecule has 0 spiro atoms. The fourth-order valence-electron chi connectivity index (χ4n) is 5.47. The average Bonchev–Trinajstić information content (AvgIpc) is 3.26. The topological polar surface area (TPSA) is 68.2 Å². The van der Waals surface area contributed by atoms with E-state index in [0.717, 1.165) is 52.6 Å². The molecular formula is C31H36N2O4S. The molecule has 0 N–H and O–H groups in total. The Hall–Kier alpha value is -3.06. The van der Waals surface area contributed by atoms with Gasteiger partial charge in [0, 0.05) is 6.04 Å². The summed E-state index contributed by atoms with van der Waals surface area (Å²) in [5, 5.41) is 0.905. The zero-order valence-corrected chi connectivity index (χ0v) is 22.9. The third-order valence-electron chi connectivity index (χ3n) is 7.58. The number of thioether (sulfide) groups is 1. The number of ether oxygens (including phenoxy) is 2. The first-order valence-corrected chi connectivity index (χ1v) is 14.6. The molecule has 7 heteroatoms. The van der Waals surface area contributed by atoms with Gasteiger partial charge in [-0.3, -0.25) is 14.7 Å². The van der Waals surface area contributed by atoms with Crippen molar-refractivity contribution in [3.05, 3.63) is 70.1 Å². The first-order chi connectivity index (χ1) is 18.6. The number of carbonyl (C=O) groups is 2. The highest BCUT2D eigenvalue weighted by molar-refractivity contribution is 8.18. The molecule has 0 atom stereocenters. The van der Waals surface area contributed by atoms with Crippen LogP contribution in [0.3, 0.4) is 0 Å². The van der Waals surface area contributed by atoms with Gasteiger partial charge in [-0.15, -0.1) is 0 Å². The Morgan fingerprint density at radius 2 is 1.71 bits per heavy atom. The zero-order valence-electron chi connectivity index (χ0n) is 22.1. The summed E-state index contributed by atoms with van der Waals surface area (Å²) in [6.07, 6.45) is 13.7. The Bertz CT molecular complexity index is 1190. The van der Waals surface area contributed by atoms with E-state index in [4.69, 9.17) is 14.5 Å². The van der Waals surface area contributed by atoms with Crippen LogP contribution >= 0.6 is 11.8 Å². The lowest BCUT2D eigenvalue weighted by molar-refractivity contribution is -0.124. The van der Waals surface area contributed by atoms with E-state index in [2.05, 4.69) is 0 Å². The summed E-state index contributed by atoms with van der Waals surface area (Å²) in [5.41, 5.74) is 2.40. The van der Waals surface area contributed by atoms with Gasteiger partial charge in [-0.1, -0.05) is 62.8 Å². The average molecular weight is 533 g/mol. The smallest absolute Gasteiger partial charge is 0.337 e. The third kappa shape index (κ3) is 6.49. The molecule has 0 unspecified atom stereocenters. The summed E-state index contributed by atoms with van der Waals surface area (Å²) in [5.74, 6) is 0.465. The maximum atomic E-state index is 13.6. The third-order valence-corrected chi connectivity index (χ3v) is 8.58. The second-order valence-corrected chi connectivity index (χ2v) is 11.3. The van der Waals surface area contributed by atoms with Crippen LogP contribution in [0.5, 0.6) is 5.75 Å². The number of nitrogens with zero attached hydrogens (tertiary/aromatic N) is 2. The number of hydrogen-bond donors (Lipinski definition) is 0. The van der Waals surface area contributed by atoms with Crippen molar-refractivity contribution in [2.24, 2.45) is 4.99 Å². The van der Waals surface area contributed by atoms with Crippen molar-refractivity contribution < 1.29 is 19.1 Å². The Balaban J connectivity index is 1.30. The molecule has 3 aliphatic rings. The van der Waals surface area contributed by atoms with E-state index in [1.807, 2.05) is 47.4 Å². The number of carbonyl (C=O) groups excluding carboxylic acids is 2. The minimum atomic E-state index is -0.355. The number of esters is 1. The molecule has 200 valence electrons. The lowest BCUT2D eigenvalue weighted by Crippen LogP contribution is -2.41. The largest absolute Gasteiger partial charge is 0.489 e. The van der Waals surface area contributed by atoms with Gasteiger partial charge in [0.15, 0.2) is 5.17 Å². The van der Waals surface area contributed by atoms with Crippen LogP contribution in [-0.2, 0) is 16.1 Å². The first-order valence-electron chi connectivity index (χ1n) is 13.8. The van der Waals surface area contributed by atoms with Crippen LogP contribution in [0, 0.1) is 0 Å². The van der Waals surface area contributed by atoms with Gasteiger partial charge in [0.1, 0.15) is 12.4 Å². The summed E-state index contributed by atoms with van der Waals surface area (Å²) in [6.45, 7) is 0.378. The maximum Gasteiger partial charge on any atom is 0.337 e. The Morgan fingerprint density at radius 1 is 1.00 bits per heavy atom. The highest BCUT2D eigenvalue weighted by Gasteiger charge is 2.39. The van der Waals surface area contributed by atoms with Crippen molar-refractivity contribution in [1.29, 1.82) is 0 Å². The molecule has 3 fully saturated rings. The molecule has 1 heterocycles. The van der Waals surface area contributed by atoms with Gasteiger partial charge >= 0.3 is 5.97 Å². The van der Waals surface area contributed by atoms with Gasteiger partial charge in [0.25, 0.3) is 5.91 Å². The Labute approximate surface area is 229 Å². The predicted octanol–water partition coefficient (Wildman–Crippen LogP) is 6.99. The lowest BCUT2D eigenvalue weighted by Gasteiger charge is -2.31. The summed E-state index contributed by atoms with van der Waals surface area (Å²) >= 11 is 1.54. The highest BCUT2D eigenvalue weighted by Crippen LogP contribution is 2.38. The predicted molar refractivity (Wildman–Crippen MR) is 152 cm³/mol. The molecule has 2 aromatic rings. The summed E-state index contributed by atoms with van der Waals surface area (Å²) < 4.78 is 10.8. The fraction of sp³-hybridized carbons (Fsp3) is 0.452. The van der Waals surface area contributed by atoms with Crippen LogP contribution in [0.2, 0.25) is 0 Å². The second kappa shape index (κ2) is 12.7. The first kappa shape index (κ1) is 26.5. The molecule has 2 aromatic carbocycles. The molecule has 0 radical (unpaired) electrons. The Morgan fingerprint density at radius 3 is 2.42 bits per heavy atom. The van der Waals surface area contributed by atoms with E-state index >= 15 is 0 Å². The van der Waals surface area contributed by atoms with Crippen LogP contribution in [0.15, 0.2) is 58.4 Å². The van der Waals surface area contributed by atoms with Crippen molar-refractivity contribution >= 4 is 34.9 Å². The summed E-state index contributed by atoms with van der Waals surface area (Å²) in [7, 11) is 1.37. The van der Waals surface area contributed by atoms with Gasteiger partial charge in [-0.2, -0.15) is 0 Å². The molecule has 1 amide bonds. The molecular weight excluding hydrogens is 496 g/mol. The molecule has 38 heavy (non-hydrogen) atoms. The van der Waals surface area contributed by atoms with Crippen LogP contribution in [0.25, 0.3) is 6.08 Å². The van der Waals surface area contributed by atoms with E-state index in [1.165, 1.54) is 57.4 Å². The van der Waals surface area contributed by atoms with Crippen molar-refractivity contribution in [3.63, 3.8) is 0 Å². The quantitative estimate of drug-likeness (QED) is 0.284. The van der Waals surface area contributed by atoms with Gasteiger partial charge < -0.3 is 9.47 Å². The van der Waals surface area contributed by atoms with E-state index in [-0.39, 0.29) is 17.9 Å². The van der Waals surface area contributed by atoms with Crippen LogP contribution in [-0.4, -0.2) is 41.1 Å². The highest BCUT2D eigenvalue weighted by atomic mass is 32.2. The van der Waals surface area contributed by atoms with E-state index < -0.39 is 0 Å². The normalized spacial score (nSPS) is 21.3. The van der Waals surface area contributed by atoms with Gasteiger partial charge in [0.05, 0.1) is 23.6 Å². The number of aliphatic imine (C=N–C) groups is 1. The second-order valence-electron chi connectivity index (χ2n) is 10.3. The minimum absolute atomic E-state index is 0.0912. The number of benzene rings is 2. The molecule has 1 aliphatic heterocycles. The monoisotopic (exact) mass is 532 g/mol. The number of rotatable bonds is 7. The van der Waals surface area contributed by atoms with Crippen LogP contribution in [0.4, 0.5) is 0 Å². The molecule has 2 saturated carbocycles. The standard InChI is InChI=1S/C31H36N2O4S/c1-36-30(35)24-17-15-22(16-18-24)21-37-27-14-8-9-23(19-27)20-28-29(34)33(26-12-6-3-7-13-26)31(38-28)32-25-10-4-2-5-11-25/h8-9,14-20,25-26H,2-7,10-13,21H2,1H3. The molecule has 5 rings (SSSR count). The molecule has 0 bridgehead atoms. The van der Waals surface area contributed by atoms with Gasteiger partial charge in [0.2, 0.25) is 0 Å². The van der Waals surface area contributed by atoms with E-state index in [0.29, 0.717) is 18.2 Å². The van der Waals surface area contributed by atoms with Crippen molar-refractivity contribution in [3.8, 4) is 5.75 Å². The van der Waals surface area contributed by atoms with Gasteiger partial charge in [-0.25, -0.2) is 4.79 Å². The SMILES string of the molecule is COC(=O)c1ccc(COc2cccc(C=C3SC(=NC4CCCCC4)N(C4CCCCC4)C3=O)c2)cc1. The molecule has 2 aliphatic carbocycles. The summed E-state index contributed by atoms with van der Waals surface area (Å²) in [6, 6.07) is 15.6. The van der Waals surface area contributed by atoms with E-state index in [9.17, 15) is 9.59 Å². The Kier molecular flexibility index (Phi) is 8.84. The van der Waals surface area contributed by atoms with Crippen molar-refractivity contribution in [1.82, 2.24) is 4.90 Å². The molecule has 0 aromatic heterocycles. The summed E-state index contributed by atoms with van der Waals surface area (Å²) in [4.78, 5) is 33.2. The molecule has 1 saturated heterocycles. The number of amidine groups is 1. The van der Waals surface area contributed by atoms with Gasteiger partial charge in [-0.05, 0) is 78.9 Å². The van der Waals surface area contributed by atoms with Crippen LogP contribution < -0.4 is 4.74 Å². The number of hydrogen-bond acceptors (Lipinski definition) is 6. The fourth-order valence-corrected chi connectivity index (χ4v) is 6.58. The lowest BCUT2D eigenvalue weighted by atomic mass is 9.94. The zero-order chi connectivity index (χ0) is 26.3. The van der Waals surface area contributed by atoms with Crippen molar-refractivity contribution in [2.45, 2.75) is 82.9 Å². The van der Waals surface area contributed by atoms with Crippen molar-refractivity contribution in [2.75, 3.05) is 7.11 Å². The van der Waals surface area contributed by atoms with E-state index in [1.54, 1.807) is 12.1 Å². The molecule has 6 nitrogen and oxygen atoms in total. The number of methoxy groups -OCH3 is 1. The number of amides is 1. The minimum Gasteiger partial charge on any atom is -0.489 e. The maximum absolute atomic E-state index is 13.6. The van der Waals surface area contributed by atoms with Crippen LogP contribution in [0.1, 0.15) is 85.7 Å².